The lowest BCUT2D eigenvalue weighted by Crippen LogP contribution is -2.48. The van der Waals surface area contributed by atoms with E-state index >= 15 is 0 Å². The van der Waals surface area contributed by atoms with Crippen molar-refractivity contribution >= 4 is 22.4 Å². The van der Waals surface area contributed by atoms with Gasteiger partial charge in [0.15, 0.2) is 0 Å². The van der Waals surface area contributed by atoms with Crippen LogP contribution >= 0.6 is 11.3 Å². The van der Waals surface area contributed by atoms with E-state index in [1.165, 1.54) is 16.9 Å². The molecule has 1 amide bonds. The Morgan fingerprint density at radius 1 is 1.22 bits per heavy atom. The molecule has 1 aliphatic rings. The average molecular weight is 330 g/mol. The maximum Gasteiger partial charge on any atom is 0.246 e. The van der Waals surface area contributed by atoms with E-state index in [9.17, 15) is 4.79 Å². The minimum atomic E-state index is -0.749. The van der Waals surface area contributed by atoms with Crippen LogP contribution in [0.15, 0.2) is 30.3 Å². The van der Waals surface area contributed by atoms with E-state index in [0.717, 1.165) is 30.7 Å². The number of anilines is 1. The van der Waals surface area contributed by atoms with Gasteiger partial charge in [-0.15, -0.1) is 10.2 Å². The normalized spacial score (nSPS) is 17.2. The predicted octanol–water partition coefficient (Wildman–Crippen LogP) is 3.07. The van der Waals surface area contributed by atoms with Crippen molar-refractivity contribution in [2.24, 2.45) is 5.73 Å². The van der Waals surface area contributed by atoms with E-state index in [2.05, 4.69) is 41.5 Å². The fourth-order valence-electron chi connectivity index (χ4n) is 2.96. The topological polar surface area (TPSA) is 80.9 Å². The van der Waals surface area contributed by atoms with Gasteiger partial charge in [0, 0.05) is 5.41 Å². The van der Waals surface area contributed by atoms with Gasteiger partial charge in [-0.3, -0.25) is 10.1 Å². The maximum atomic E-state index is 12.4. The average Bonchev–Trinajstić information content (AvgIpc) is 3.18. The molecule has 0 radical (unpaired) electrons. The molecule has 6 heteroatoms. The third-order valence-corrected chi connectivity index (χ3v) is 5.79. The summed E-state index contributed by atoms with van der Waals surface area (Å²) in [7, 11) is 0. The van der Waals surface area contributed by atoms with Gasteiger partial charge >= 0.3 is 0 Å². The van der Waals surface area contributed by atoms with Crippen LogP contribution in [0.3, 0.4) is 0 Å². The Balaban J connectivity index is 1.77. The Bertz CT molecular complexity index is 690. The first kappa shape index (κ1) is 16.1. The number of rotatable bonds is 4. The third kappa shape index (κ3) is 3.14. The van der Waals surface area contributed by atoms with Crippen molar-refractivity contribution in [3.05, 3.63) is 40.9 Å². The van der Waals surface area contributed by atoms with Gasteiger partial charge in [-0.05, 0) is 32.3 Å². The van der Waals surface area contributed by atoms with E-state index in [1.54, 1.807) is 0 Å². The number of carbonyl (C=O) groups excluding carboxylic acids is 1. The number of hydrogen-bond acceptors (Lipinski definition) is 5. The number of nitrogens with two attached hydrogens (primary N) is 1. The van der Waals surface area contributed by atoms with Crippen LogP contribution in [0.5, 0.6) is 0 Å². The van der Waals surface area contributed by atoms with Gasteiger partial charge in [0.2, 0.25) is 11.0 Å². The summed E-state index contributed by atoms with van der Waals surface area (Å²) in [6, 6.07) is 10.2. The second kappa shape index (κ2) is 6.02. The van der Waals surface area contributed by atoms with Crippen LogP contribution in [0.2, 0.25) is 0 Å². The lowest BCUT2D eigenvalue weighted by molar-refractivity contribution is -0.121. The van der Waals surface area contributed by atoms with Crippen molar-refractivity contribution < 1.29 is 4.79 Å². The minimum Gasteiger partial charge on any atom is -0.317 e. The number of aromatic nitrogens is 2. The fraction of sp³-hybridized carbons (Fsp3) is 0.471. The van der Waals surface area contributed by atoms with E-state index < -0.39 is 5.54 Å². The molecule has 1 saturated carbocycles. The number of carbonyl (C=O) groups is 1. The van der Waals surface area contributed by atoms with Crippen molar-refractivity contribution in [3.8, 4) is 0 Å². The van der Waals surface area contributed by atoms with Crippen LogP contribution in [-0.2, 0) is 10.2 Å². The largest absolute Gasteiger partial charge is 0.317 e. The number of amides is 1. The van der Waals surface area contributed by atoms with Gasteiger partial charge in [-0.2, -0.15) is 0 Å². The molecule has 5 nitrogen and oxygen atoms in total. The van der Waals surface area contributed by atoms with Crippen LogP contribution in [0.4, 0.5) is 5.13 Å². The van der Waals surface area contributed by atoms with Crippen molar-refractivity contribution in [3.63, 3.8) is 0 Å². The molecule has 23 heavy (non-hydrogen) atoms. The lowest BCUT2D eigenvalue weighted by atomic mass is 9.85. The smallest absolute Gasteiger partial charge is 0.246 e. The molecule has 0 spiro atoms. The fourth-order valence-corrected chi connectivity index (χ4v) is 3.82. The lowest BCUT2D eigenvalue weighted by Gasteiger charge is -2.22. The first-order chi connectivity index (χ1) is 10.9. The van der Waals surface area contributed by atoms with Crippen LogP contribution in [0.25, 0.3) is 0 Å². The van der Waals surface area contributed by atoms with Crippen LogP contribution < -0.4 is 11.1 Å². The second-order valence-electron chi connectivity index (χ2n) is 6.72. The highest BCUT2D eigenvalue weighted by Gasteiger charge is 2.37. The molecule has 0 atom stereocenters. The summed E-state index contributed by atoms with van der Waals surface area (Å²) in [6.07, 6.45) is 3.48. The zero-order valence-electron chi connectivity index (χ0n) is 13.5. The zero-order valence-corrected chi connectivity index (χ0v) is 14.3. The summed E-state index contributed by atoms with van der Waals surface area (Å²) < 4.78 is 0. The number of hydrogen-bond donors (Lipinski definition) is 2. The SMILES string of the molecule is CC(C)(c1ccccc1)c1nnc(NC(=O)C2(N)CCCC2)s1. The molecule has 1 aromatic heterocycles. The van der Waals surface area contributed by atoms with Gasteiger partial charge in [-0.1, -0.05) is 54.5 Å². The van der Waals surface area contributed by atoms with Crippen molar-refractivity contribution in [2.75, 3.05) is 5.32 Å². The highest BCUT2D eigenvalue weighted by atomic mass is 32.1. The number of benzene rings is 1. The Kier molecular flexibility index (Phi) is 4.21. The Morgan fingerprint density at radius 3 is 2.52 bits per heavy atom. The highest BCUT2D eigenvalue weighted by molar-refractivity contribution is 7.15. The minimum absolute atomic E-state index is 0.143. The summed E-state index contributed by atoms with van der Waals surface area (Å²) in [6.45, 7) is 4.21. The molecule has 0 unspecified atom stereocenters. The third-order valence-electron chi connectivity index (χ3n) is 4.62. The van der Waals surface area contributed by atoms with Gasteiger partial charge in [0.05, 0.1) is 5.54 Å². The molecule has 1 heterocycles. The van der Waals surface area contributed by atoms with Crippen molar-refractivity contribution in [1.29, 1.82) is 0 Å². The monoisotopic (exact) mass is 330 g/mol. The first-order valence-electron chi connectivity index (χ1n) is 7.92. The molecular weight excluding hydrogens is 308 g/mol. The van der Waals surface area contributed by atoms with E-state index in [0.29, 0.717) is 5.13 Å². The Hall–Kier alpha value is -1.79. The molecule has 1 aliphatic carbocycles. The van der Waals surface area contributed by atoms with E-state index in [1.807, 2.05) is 18.2 Å². The molecule has 1 fully saturated rings. The number of nitrogens with one attached hydrogen (secondary N) is 1. The first-order valence-corrected chi connectivity index (χ1v) is 8.73. The highest BCUT2D eigenvalue weighted by Crippen LogP contribution is 2.35. The standard InChI is InChI=1S/C17H22N4OS/c1-16(2,12-8-4-3-5-9-12)14-20-21-15(23-14)19-13(22)17(18)10-6-7-11-17/h3-5,8-9H,6-7,10-11,18H2,1-2H3,(H,19,21,22). The summed E-state index contributed by atoms with van der Waals surface area (Å²) in [5.74, 6) is -0.143. The molecule has 0 bridgehead atoms. The van der Waals surface area contributed by atoms with Crippen LogP contribution in [0.1, 0.15) is 50.1 Å². The predicted molar refractivity (Wildman–Crippen MR) is 92.5 cm³/mol. The zero-order chi connectivity index (χ0) is 16.5. The molecular formula is C17H22N4OS. The van der Waals surface area contributed by atoms with Crippen LogP contribution in [0, 0.1) is 0 Å². The molecule has 2 aromatic rings. The quantitative estimate of drug-likeness (QED) is 0.903. The van der Waals surface area contributed by atoms with Gasteiger partial charge < -0.3 is 5.73 Å². The van der Waals surface area contributed by atoms with Gasteiger partial charge in [0.1, 0.15) is 5.01 Å². The van der Waals surface area contributed by atoms with Gasteiger partial charge in [-0.25, -0.2) is 0 Å². The molecule has 1 aromatic carbocycles. The summed E-state index contributed by atoms with van der Waals surface area (Å²) in [4.78, 5) is 12.4. The molecule has 0 saturated heterocycles. The van der Waals surface area contributed by atoms with Gasteiger partial charge in [0.25, 0.3) is 0 Å². The van der Waals surface area contributed by atoms with Crippen molar-refractivity contribution in [1.82, 2.24) is 10.2 Å². The molecule has 3 N–H and O–H groups in total. The van der Waals surface area contributed by atoms with Crippen LogP contribution in [-0.4, -0.2) is 21.6 Å². The molecule has 3 rings (SSSR count). The number of nitrogens with zero attached hydrogens (tertiary/aromatic N) is 2. The summed E-state index contributed by atoms with van der Waals surface area (Å²) >= 11 is 1.41. The summed E-state index contributed by atoms with van der Waals surface area (Å²) in [5, 5.41) is 12.7. The van der Waals surface area contributed by atoms with E-state index in [-0.39, 0.29) is 11.3 Å². The van der Waals surface area contributed by atoms with Crippen molar-refractivity contribution in [2.45, 2.75) is 50.5 Å². The Labute approximate surface area is 140 Å². The summed E-state index contributed by atoms with van der Waals surface area (Å²) in [5.41, 5.74) is 6.34. The van der Waals surface area contributed by atoms with E-state index in [4.69, 9.17) is 5.73 Å². The molecule has 122 valence electrons. The Morgan fingerprint density at radius 2 is 1.87 bits per heavy atom. The maximum absolute atomic E-state index is 12.4. The second-order valence-corrected chi connectivity index (χ2v) is 7.70. The molecule has 0 aliphatic heterocycles.